The number of aromatic amines is 1. The highest BCUT2D eigenvalue weighted by Crippen LogP contribution is 2.26. The van der Waals surface area contributed by atoms with E-state index in [0.29, 0.717) is 11.5 Å². The molecule has 1 fully saturated rings. The molecule has 1 atom stereocenters. The number of amides is 1. The van der Waals surface area contributed by atoms with E-state index in [0.717, 1.165) is 31.6 Å². The molecule has 6 heteroatoms. The second kappa shape index (κ2) is 4.87. The smallest absolute Gasteiger partial charge is 0.257 e. The lowest BCUT2D eigenvalue weighted by Crippen LogP contribution is -2.39. The summed E-state index contributed by atoms with van der Waals surface area (Å²) in [4.78, 5) is 14.3. The number of hydrogen-bond donors (Lipinski definition) is 1. The van der Waals surface area contributed by atoms with E-state index in [4.69, 9.17) is 0 Å². The van der Waals surface area contributed by atoms with Gasteiger partial charge in [0.1, 0.15) is 0 Å². The van der Waals surface area contributed by atoms with Gasteiger partial charge < -0.3 is 4.90 Å². The van der Waals surface area contributed by atoms with Gasteiger partial charge in [0.05, 0.1) is 11.8 Å². The van der Waals surface area contributed by atoms with Gasteiger partial charge in [-0.2, -0.15) is 10.2 Å². The number of aromatic nitrogens is 4. The molecule has 0 spiro atoms. The zero-order valence-electron chi connectivity index (χ0n) is 10.9. The summed E-state index contributed by atoms with van der Waals surface area (Å²) in [6, 6.07) is 1.99. The number of rotatable bonds is 2. The van der Waals surface area contributed by atoms with Crippen LogP contribution in [0, 0.1) is 0 Å². The Morgan fingerprint density at radius 2 is 2.42 bits per heavy atom. The van der Waals surface area contributed by atoms with Crippen LogP contribution >= 0.6 is 0 Å². The normalized spacial score (nSPS) is 19.6. The Balaban J connectivity index is 1.73. The zero-order chi connectivity index (χ0) is 13.2. The van der Waals surface area contributed by atoms with Crippen molar-refractivity contribution in [3.8, 4) is 0 Å². The topological polar surface area (TPSA) is 66.8 Å². The Bertz CT molecular complexity index is 559. The molecule has 100 valence electrons. The van der Waals surface area contributed by atoms with Crippen molar-refractivity contribution in [3.05, 3.63) is 35.9 Å². The Labute approximate surface area is 111 Å². The summed E-state index contributed by atoms with van der Waals surface area (Å²) in [5.74, 6) is 0.425. The minimum absolute atomic E-state index is 0.0670. The first-order valence-corrected chi connectivity index (χ1v) is 6.51. The molecule has 1 N–H and O–H groups in total. The highest BCUT2D eigenvalue weighted by atomic mass is 16.2. The van der Waals surface area contributed by atoms with E-state index in [1.165, 1.54) is 0 Å². The molecule has 0 aromatic carbocycles. The highest BCUT2D eigenvalue weighted by molar-refractivity contribution is 5.93. The molecule has 0 aliphatic carbocycles. The Morgan fingerprint density at radius 1 is 1.53 bits per heavy atom. The number of nitrogens with zero attached hydrogens (tertiary/aromatic N) is 4. The molecule has 2 aromatic heterocycles. The molecular weight excluding hydrogens is 242 g/mol. The van der Waals surface area contributed by atoms with Crippen molar-refractivity contribution in [2.45, 2.75) is 18.8 Å². The molecule has 1 saturated heterocycles. The molecule has 0 saturated carbocycles. The summed E-state index contributed by atoms with van der Waals surface area (Å²) in [5, 5.41) is 11.0. The average molecular weight is 259 g/mol. The minimum atomic E-state index is 0.0670. The van der Waals surface area contributed by atoms with Crippen LogP contribution in [0.3, 0.4) is 0 Å². The van der Waals surface area contributed by atoms with Gasteiger partial charge >= 0.3 is 0 Å². The van der Waals surface area contributed by atoms with Crippen molar-refractivity contribution in [1.82, 2.24) is 24.9 Å². The third-order valence-electron chi connectivity index (χ3n) is 3.62. The van der Waals surface area contributed by atoms with Crippen LogP contribution in [0.1, 0.15) is 34.8 Å². The highest BCUT2D eigenvalue weighted by Gasteiger charge is 2.26. The third kappa shape index (κ3) is 2.38. The van der Waals surface area contributed by atoms with Crippen molar-refractivity contribution >= 4 is 5.91 Å². The SMILES string of the molecule is Cn1cc(C(=O)N2CCCC(c3ccn[nH]3)C2)cn1. The molecule has 2 aromatic rings. The van der Waals surface area contributed by atoms with Crippen LogP contribution in [0.2, 0.25) is 0 Å². The molecule has 1 aliphatic heterocycles. The number of aryl methyl sites for hydroxylation is 1. The summed E-state index contributed by atoms with van der Waals surface area (Å²) in [5.41, 5.74) is 1.77. The molecule has 6 nitrogen and oxygen atoms in total. The van der Waals surface area contributed by atoms with Gasteiger partial charge in [-0.15, -0.1) is 0 Å². The van der Waals surface area contributed by atoms with Gasteiger partial charge in [-0.3, -0.25) is 14.6 Å². The quantitative estimate of drug-likeness (QED) is 0.880. The Hall–Kier alpha value is -2.11. The monoisotopic (exact) mass is 259 g/mol. The predicted octanol–water partition coefficient (Wildman–Crippen LogP) is 1.16. The van der Waals surface area contributed by atoms with Crippen LogP contribution in [0.5, 0.6) is 0 Å². The fourth-order valence-electron chi connectivity index (χ4n) is 2.62. The predicted molar refractivity (Wildman–Crippen MR) is 69.7 cm³/mol. The lowest BCUT2D eigenvalue weighted by atomic mass is 9.94. The standard InChI is InChI=1S/C13H17N5O/c1-17-8-11(7-15-17)13(19)18-6-2-3-10(9-18)12-4-5-14-16-12/h4-5,7-8,10H,2-3,6,9H2,1H3,(H,14,16). The first kappa shape index (κ1) is 12.0. The summed E-state index contributed by atoms with van der Waals surface area (Å²) >= 11 is 0. The molecule has 0 radical (unpaired) electrons. The van der Waals surface area contributed by atoms with E-state index in [1.54, 1.807) is 23.3 Å². The second-order valence-electron chi connectivity index (χ2n) is 5.00. The van der Waals surface area contributed by atoms with E-state index < -0.39 is 0 Å². The molecule has 3 rings (SSSR count). The van der Waals surface area contributed by atoms with Gasteiger partial charge in [-0.1, -0.05) is 0 Å². The average Bonchev–Trinajstić information content (AvgIpc) is 3.09. The fourth-order valence-corrected chi connectivity index (χ4v) is 2.62. The summed E-state index contributed by atoms with van der Waals surface area (Å²) < 4.78 is 1.66. The number of carbonyl (C=O) groups excluding carboxylic acids is 1. The van der Waals surface area contributed by atoms with Crippen LogP contribution < -0.4 is 0 Å². The van der Waals surface area contributed by atoms with E-state index in [-0.39, 0.29) is 5.91 Å². The first-order valence-electron chi connectivity index (χ1n) is 6.51. The van der Waals surface area contributed by atoms with Crippen molar-refractivity contribution in [3.63, 3.8) is 0 Å². The summed E-state index contributed by atoms with van der Waals surface area (Å²) in [6.45, 7) is 1.56. The van der Waals surface area contributed by atoms with Gasteiger partial charge in [-0.05, 0) is 18.9 Å². The molecule has 1 aliphatic rings. The van der Waals surface area contributed by atoms with Crippen LogP contribution in [-0.2, 0) is 7.05 Å². The molecular formula is C13H17N5O. The van der Waals surface area contributed by atoms with Gasteiger partial charge in [0, 0.05) is 44.1 Å². The second-order valence-corrected chi connectivity index (χ2v) is 5.00. The Kier molecular flexibility index (Phi) is 3.06. The molecule has 19 heavy (non-hydrogen) atoms. The van der Waals surface area contributed by atoms with Gasteiger partial charge in [0.25, 0.3) is 5.91 Å². The van der Waals surface area contributed by atoms with E-state index in [9.17, 15) is 4.79 Å². The molecule has 1 unspecified atom stereocenters. The van der Waals surface area contributed by atoms with Crippen molar-refractivity contribution in [2.75, 3.05) is 13.1 Å². The van der Waals surface area contributed by atoms with Gasteiger partial charge in [0.15, 0.2) is 0 Å². The lowest BCUT2D eigenvalue weighted by Gasteiger charge is -2.32. The van der Waals surface area contributed by atoms with Crippen LogP contribution in [-0.4, -0.2) is 43.9 Å². The van der Waals surface area contributed by atoms with Crippen molar-refractivity contribution in [2.24, 2.45) is 7.05 Å². The minimum Gasteiger partial charge on any atom is -0.338 e. The fraction of sp³-hybridized carbons (Fsp3) is 0.462. The first-order chi connectivity index (χ1) is 9.24. The van der Waals surface area contributed by atoms with Crippen LogP contribution in [0.4, 0.5) is 0 Å². The summed E-state index contributed by atoms with van der Waals surface area (Å²) in [7, 11) is 1.82. The molecule has 1 amide bonds. The third-order valence-corrected chi connectivity index (χ3v) is 3.62. The van der Waals surface area contributed by atoms with E-state index >= 15 is 0 Å². The number of nitrogens with one attached hydrogen (secondary N) is 1. The lowest BCUT2D eigenvalue weighted by molar-refractivity contribution is 0.0706. The number of piperidine rings is 1. The number of hydrogen-bond acceptors (Lipinski definition) is 3. The van der Waals surface area contributed by atoms with Crippen molar-refractivity contribution < 1.29 is 4.79 Å². The molecule has 3 heterocycles. The number of likely N-dealkylation sites (tertiary alicyclic amines) is 1. The maximum atomic E-state index is 12.4. The number of H-pyrrole nitrogens is 1. The summed E-state index contributed by atoms with van der Waals surface area (Å²) in [6.07, 6.45) is 7.27. The van der Waals surface area contributed by atoms with Crippen molar-refractivity contribution in [1.29, 1.82) is 0 Å². The van der Waals surface area contributed by atoms with E-state index in [1.807, 2.05) is 18.0 Å². The van der Waals surface area contributed by atoms with Crippen LogP contribution in [0.25, 0.3) is 0 Å². The van der Waals surface area contributed by atoms with Crippen LogP contribution in [0.15, 0.2) is 24.7 Å². The molecule has 0 bridgehead atoms. The number of carbonyl (C=O) groups is 1. The largest absolute Gasteiger partial charge is 0.338 e. The maximum Gasteiger partial charge on any atom is 0.257 e. The maximum absolute atomic E-state index is 12.4. The van der Waals surface area contributed by atoms with Gasteiger partial charge in [-0.25, -0.2) is 0 Å². The van der Waals surface area contributed by atoms with E-state index in [2.05, 4.69) is 15.3 Å². The Morgan fingerprint density at radius 3 is 3.11 bits per heavy atom. The zero-order valence-corrected chi connectivity index (χ0v) is 10.9. The van der Waals surface area contributed by atoms with Gasteiger partial charge in [0.2, 0.25) is 0 Å².